The number of rotatable bonds is 2. The lowest BCUT2D eigenvalue weighted by Gasteiger charge is -2.08. The molecule has 0 aliphatic carbocycles. The fraction of sp³-hybridized carbons (Fsp3) is 0.0667. The summed E-state index contributed by atoms with van der Waals surface area (Å²) in [6.07, 6.45) is 0. The summed E-state index contributed by atoms with van der Waals surface area (Å²) in [6.45, 7) is 1.96. The Morgan fingerprint density at radius 3 is 2.68 bits per heavy atom. The zero-order valence-electron chi connectivity index (χ0n) is 10.3. The van der Waals surface area contributed by atoms with Gasteiger partial charge in [0.1, 0.15) is 6.07 Å². The average Bonchev–Trinajstić information content (AvgIpc) is 2.39. The number of hydrogen-bond acceptors (Lipinski definition) is 2. The summed E-state index contributed by atoms with van der Waals surface area (Å²) in [5, 5.41) is 11.7. The molecule has 0 saturated heterocycles. The number of carbonyl (C=O) groups is 1. The Labute approximate surface area is 120 Å². The minimum Gasteiger partial charge on any atom is -0.321 e. The molecule has 3 nitrogen and oxygen atoms in total. The van der Waals surface area contributed by atoms with E-state index in [-0.39, 0.29) is 5.91 Å². The number of amides is 1. The lowest BCUT2D eigenvalue weighted by atomic mass is 10.1. The molecule has 0 aliphatic rings. The van der Waals surface area contributed by atoms with Gasteiger partial charge in [-0.3, -0.25) is 4.79 Å². The second-order valence-corrected chi connectivity index (χ2v) is 4.95. The molecule has 0 radical (unpaired) electrons. The summed E-state index contributed by atoms with van der Waals surface area (Å²) < 4.78 is 0.736. The van der Waals surface area contributed by atoms with Crippen LogP contribution in [-0.2, 0) is 0 Å². The van der Waals surface area contributed by atoms with Crippen molar-refractivity contribution in [3.8, 4) is 6.07 Å². The molecule has 0 unspecified atom stereocenters. The van der Waals surface area contributed by atoms with Crippen LogP contribution in [-0.4, -0.2) is 5.91 Å². The van der Waals surface area contributed by atoms with Crippen molar-refractivity contribution in [3.05, 3.63) is 63.6 Å². The van der Waals surface area contributed by atoms with Gasteiger partial charge in [-0.1, -0.05) is 18.2 Å². The van der Waals surface area contributed by atoms with Crippen LogP contribution in [0.2, 0.25) is 0 Å². The SMILES string of the molecule is Cc1ccc(C(=O)Nc2ccccc2C#N)c(Br)c1. The third-order valence-corrected chi connectivity index (χ3v) is 3.32. The Bertz CT molecular complexity index is 674. The maximum Gasteiger partial charge on any atom is 0.256 e. The molecule has 4 heteroatoms. The van der Waals surface area contributed by atoms with E-state index in [1.807, 2.05) is 25.1 Å². The standard InChI is InChI=1S/C15H11BrN2O/c1-10-6-7-12(13(16)8-10)15(19)18-14-5-3-2-4-11(14)9-17/h2-8H,1H3,(H,18,19). The number of nitriles is 1. The van der Waals surface area contributed by atoms with E-state index in [2.05, 4.69) is 21.2 Å². The van der Waals surface area contributed by atoms with Crippen molar-refractivity contribution in [2.45, 2.75) is 6.92 Å². The van der Waals surface area contributed by atoms with Gasteiger partial charge in [0.15, 0.2) is 0 Å². The Morgan fingerprint density at radius 2 is 2.00 bits per heavy atom. The maximum absolute atomic E-state index is 12.2. The highest BCUT2D eigenvalue weighted by Crippen LogP contribution is 2.21. The third-order valence-electron chi connectivity index (χ3n) is 2.66. The van der Waals surface area contributed by atoms with Crippen LogP contribution < -0.4 is 5.32 Å². The lowest BCUT2D eigenvalue weighted by molar-refractivity contribution is 0.102. The molecule has 19 heavy (non-hydrogen) atoms. The summed E-state index contributed by atoms with van der Waals surface area (Å²) in [4.78, 5) is 12.2. The molecule has 1 amide bonds. The van der Waals surface area contributed by atoms with E-state index < -0.39 is 0 Å². The van der Waals surface area contributed by atoms with E-state index in [9.17, 15) is 4.79 Å². The number of hydrogen-bond donors (Lipinski definition) is 1. The largest absolute Gasteiger partial charge is 0.321 e. The second-order valence-electron chi connectivity index (χ2n) is 4.09. The highest BCUT2D eigenvalue weighted by molar-refractivity contribution is 9.10. The van der Waals surface area contributed by atoms with Gasteiger partial charge in [-0.15, -0.1) is 0 Å². The van der Waals surface area contributed by atoms with Crippen molar-refractivity contribution in [1.29, 1.82) is 5.26 Å². The van der Waals surface area contributed by atoms with E-state index in [1.165, 1.54) is 0 Å². The van der Waals surface area contributed by atoms with Crippen LogP contribution in [0.15, 0.2) is 46.9 Å². The summed E-state index contributed by atoms with van der Waals surface area (Å²) in [5.41, 5.74) is 2.57. The maximum atomic E-state index is 12.2. The first-order valence-electron chi connectivity index (χ1n) is 5.68. The first-order chi connectivity index (χ1) is 9.11. The smallest absolute Gasteiger partial charge is 0.256 e. The van der Waals surface area contributed by atoms with Gasteiger partial charge < -0.3 is 5.32 Å². The molecule has 0 spiro atoms. The number of nitrogens with one attached hydrogen (secondary N) is 1. The van der Waals surface area contributed by atoms with Crippen molar-refractivity contribution < 1.29 is 4.79 Å². The van der Waals surface area contributed by atoms with Gasteiger partial charge in [0.25, 0.3) is 5.91 Å². The summed E-state index contributed by atoms with van der Waals surface area (Å²) >= 11 is 3.37. The van der Waals surface area contributed by atoms with Gasteiger partial charge in [-0.25, -0.2) is 0 Å². The number of anilines is 1. The van der Waals surface area contributed by atoms with Crippen LogP contribution >= 0.6 is 15.9 Å². The van der Waals surface area contributed by atoms with Gasteiger partial charge in [-0.2, -0.15) is 5.26 Å². The zero-order valence-corrected chi connectivity index (χ0v) is 11.9. The van der Waals surface area contributed by atoms with Crippen molar-refractivity contribution >= 4 is 27.5 Å². The first-order valence-corrected chi connectivity index (χ1v) is 6.48. The topological polar surface area (TPSA) is 52.9 Å². The Morgan fingerprint density at radius 1 is 1.26 bits per heavy atom. The summed E-state index contributed by atoms with van der Waals surface area (Å²) in [6, 6.07) is 14.5. The molecule has 2 aromatic rings. The molecule has 1 N–H and O–H groups in total. The van der Waals surface area contributed by atoms with Gasteiger partial charge in [-0.05, 0) is 52.7 Å². The fourth-order valence-corrected chi connectivity index (χ4v) is 2.36. The first kappa shape index (κ1) is 13.3. The molecular weight excluding hydrogens is 304 g/mol. The predicted octanol–water partition coefficient (Wildman–Crippen LogP) is 3.88. The minimum atomic E-state index is -0.241. The minimum absolute atomic E-state index is 0.241. The lowest BCUT2D eigenvalue weighted by Crippen LogP contribution is -2.13. The molecule has 0 heterocycles. The van der Waals surface area contributed by atoms with Gasteiger partial charge in [0.2, 0.25) is 0 Å². The van der Waals surface area contributed by atoms with Gasteiger partial charge >= 0.3 is 0 Å². The molecular formula is C15H11BrN2O. The molecule has 0 fully saturated rings. The predicted molar refractivity (Wildman–Crippen MR) is 78.0 cm³/mol. The van der Waals surface area contributed by atoms with Gasteiger partial charge in [0, 0.05) is 4.47 Å². The quantitative estimate of drug-likeness (QED) is 0.914. The molecule has 0 atom stereocenters. The van der Waals surface area contributed by atoms with E-state index in [0.717, 1.165) is 10.0 Å². The zero-order chi connectivity index (χ0) is 13.8. The molecule has 94 valence electrons. The van der Waals surface area contributed by atoms with Crippen molar-refractivity contribution in [1.82, 2.24) is 0 Å². The number of para-hydroxylation sites is 1. The van der Waals surface area contributed by atoms with Crippen molar-refractivity contribution in [3.63, 3.8) is 0 Å². The molecule has 2 aromatic carbocycles. The van der Waals surface area contributed by atoms with Crippen LogP contribution in [0, 0.1) is 18.3 Å². The monoisotopic (exact) mass is 314 g/mol. The summed E-state index contributed by atoms with van der Waals surface area (Å²) in [7, 11) is 0. The molecule has 0 saturated carbocycles. The highest BCUT2D eigenvalue weighted by atomic mass is 79.9. The second kappa shape index (κ2) is 5.68. The Hall–Kier alpha value is -2.12. The van der Waals surface area contributed by atoms with Crippen molar-refractivity contribution in [2.24, 2.45) is 0 Å². The number of benzene rings is 2. The Kier molecular flexibility index (Phi) is 3.98. The normalized spacial score (nSPS) is 9.74. The molecule has 0 aliphatic heterocycles. The number of halogens is 1. The van der Waals surface area contributed by atoms with E-state index in [4.69, 9.17) is 5.26 Å². The van der Waals surface area contributed by atoms with E-state index in [1.54, 1.807) is 30.3 Å². The number of carbonyl (C=O) groups excluding carboxylic acids is 1. The van der Waals surface area contributed by atoms with E-state index in [0.29, 0.717) is 16.8 Å². The third kappa shape index (κ3) is 3.01. The van der Waals surface area contributed by atoms with Crippen LogP contribution in [0.3, 0.4) is 0 Å². The fourth-order valence-electron chi connectivity index (χ4n) is 1.68. The van der Waals surface area contributed by atoms with Crippen LogP contribution in [0.25, 0.3) is 0 Å². The van der Waals surface area contributed by atoms with Crippen LogP contribution in [0.1, 0.15) is 21.5 Å². The van der Waals surface area contributed by atoms with E-state index >= 15 is 0 Å². The van der Waals surface area contributed by atoms with Gasteiger partial charge in [0.05, 0.1) is 16.8 Å². The molecule has 2 rings (SSSR count). The average molecular weight is 315 g/mol. The molecule has 0 aromatic heterocycles. The van der Waals surface area contributed by atoms with Crippen LogP contribution in [0.5, 0.6) is 0 Å². The highest BCUT2D eigenvalue weighted by Gasteiger charge is 2.11. The van der Waals surface area contributed by atoms with Crippen LogP contribution in [0.4, 0.5) is 5.69 Å². The van der Waals surface area contributed by atoms with Crippen molar-refractivity contribution in [2.75, 3.05) is 5.32 Å². The Balaban J connectivity index is 2.29. The number of nitrogens with zero attached hydrogens (tertiary/aromatic N) is 1. The molecule has 0 bridgehead atoms. The number of aryl methyl sites for hydroxylation is 1. The summed E-state index contributed by atoms with van der Waals surface area (Å²) in [5.74, 6) is -0.241.